The highest BCUT2D eigenvalue weighted by molar-refractivity contribution is 5.49. The third-order valence-electron chi connectivity index (χ3n) is 3.36. The van der Waals surface area contributed by atoms with Gasteiger partial charge in [-0.25, -0.2) is 14.1 Å². The molecule has 0 radical (unpaired) electrons. The normalized spacial score (nSPS) is 10.9. The number of halogens is 1. The lowest BCUT2D eigenvalue weighted by molar-refractivity contribution is 0.519. The molecule has 1 aromatic carbocycles. The molecule has 0 spiro atoms. The number of rotatable bonds is 6. The number of aromatic nitrogens is 3. The Labute approximate surface area is 112 Å². The molecule has 0 aliphatic carbocycles. The van der Waals surface area contributed by atoms with E-state index in [4.69, 9.17) is 0 Å². The summed E-state index contributed by atoms with van der Waals surface area (Å²) < 4.78 is 15.4. The summed E-state index contributed by atoms with van der Waals surface area (Å²) in [4.78, 5) is 3.81. The molecule has 0 atom stereocenters. The molecular formula is C14H19FN4. The molecule has 0 aliphatic rings. The number of hydrogen-bond acceptors (Lipinski definition) is 3. The Morgan fingerprint density at radius 1 is 1.32 bits per heavy atom. The van der Waals surface area contributed by atoms with E-state index in [1.54, 1.807) is 6.07 Å². The van der Waals surface area contributed by atoms with Crippen molar-refractivity contribution in [1.29, 1.82) is 0 Å². The Hall–Kier alpha value is -1.91. The van der Waals surface area contributed by atoms with Crippen molar-refractivity contribution >= 4 is 5.69 Å². The van der Waals surface area contributed by atoms with Crippen molar-refractivity contribution in [2.24, 2.45) is 5.92 Å². The van der Waals surface area contributed by atoms with Crippen LogP contribution in [0.5, 0.6) is 0 Å². The third-order valence-corrected chi connectivity index (χ3v) is 3.36. The van der Waals surface area contributed by atoms with E-state index in [9.17, 15) is 4.39 Å². The van der Waals surface area contributed by atoms with Crippen LogP contribution in [0.4, 0.5) is 10.1 Å². The van der Waals surface area contributed by atoms with Crippen molar-refractivity contribution in [3.05, 3.63) is 36.7 Å². The molecule has 0 bridgehead atoms. The molecule has 1 heterocycles. The molecule has 2 aromatic rings. The van der Waals surface area contributed by atoms with Gasteiger partial charge in [0.05, 0.1) is 0 Å². The lowest BCUT2D eigenvalue weighted by Crippen LogP contribution is -2.13. The summed E-state index contributed by atoms with van der Waals surface area (Å²) in [6.07, 6.45) is 5.13. The summed E-state index contributed by atoms with van der Waals surface area (Å²) in [7, 11) is 0. The van der Waals surface area contributed by atoms with Crippen LogP contribution in [0.2, 0.25) is 0 Å². The zero-order valence-corrected chi connectivity index (χ0v) is 11.3. The lowest BCUT2D eigenvalue weighted by Gasteiger charge is -2.14. The minimum absolute atomic E-state index is 0.306. The van der Waals surface area contributed by atoms with Crippen LogP contribution < -0.4 is 5.32 Å². The first-order chi connectivity index (χ1) is 9.24. The molecule has 4 nitrogen and oxygen atoms in total. The molecule has 0 saturated carbocycles. The molecule has 0 amide bonds. The van der Waals surface area contributed by atoms with E-state index < -0.39 is 0 Å². The lowest BCUT2D eigenvalue weighted by atomic mass is 10.0. The van der Waals surface area contributed by atoms with Crippen LogP contribution in [0.3, 0.4) is 0 Å². The number of anilines is 1. The van der Waals surface area contributed by atoms with E-state index in [0.717, 1.165) is 25.1 Å². The predicted octanol–water partition coefficient (Wildman–Crippen LogP) is 3.25. The topological polar surface area (TPSA) is 42.7 Å². The largest absolute Gasteiger partial charge is 0.385 e. The fourth-order valence-corrected chi connectivity index (χ4v) is 1.97. The fraction of sp³-hybridized carbons (Fsp3) is 0.429. The van der Waals surface area contributed by atoms with Gasteiger partial charge in [-0.2, -0.15) is 5.10 Å². The molecule has 1 aromatic heterocycles. The Bertz CT molecular complexity index is 506. The van der Waals surface area contributed by atoms with Gasteiger partial charge in [0, 0.05) is 12.2 Å². The third kappa shape index (κ3) is 3.30. The van der Waals surface area contributed by atoms with E-state index in [-0.39, 0.29) is 5.82 Å². The smallest absolute Gasteiger partial charge is 0.150 e. The van der Waals surface area contributed by atoms with Crippen LogP contribution in [-0.2, 0) is 0 Å². The highest BCUT2D eigenvalue weighted by Gasteiger charge is 2.07. The molecule has 0 fully saturated rings. The molecule has 0 aliphatic heterocycles. The van der Waals surface area contributed by atoms with Crippen LogP contribution >= 0.6 is 0 Å². The Morgan fingerprint density at radius 3 is 2.68 bits per heavy atom. The van der Waals surface area contributed by atoms with E-state index in [1.807, 2.05) is 6.07 Å². The van der Waals surface area contributed by atoms with Crippen molar-refractivity contribution in [3.63, 3.8) is 0 Å². The maximum absolute atomic E-state index is 14.0. The summed E-state index contributed by atoms with van der Waals surface area (Å²) in [6, 6.07) is 5.07. The maximum atomic E-state index is 14.0. The molecule has 1 N–H and O–H groups in total. The molecule has 2 rings (SSSR count). The second-order valence-corrected chi connectivity index (χ2v) is 4.57. The number of nitrogens with zero attached hydrogens (tertiary/aromatic N) is 3. The van der Waals surface area contributed by atoms with Crippen molar-refractivity contribution in [2.75, 3.05) is 11.9 Å². The summed E-state index contributed by atoms with van der Waals surface area (Å²) in [5, 5.41) is 7.20. The minimum atomic E-state index is -0.306. The summed E-state index contributed by atoms with van der Waals surface area (Å²) >= 11 is 0. The van der Waals surface area contributed by atoms with E-state index in [1.165, 1.54) is 23.4 Å². The van der Waals surface area contributed by atoms with Crippen LogP contribution in [0.25, 0.3) is 5.69 Å². The molecule has 19 heavy (non-hydrogen) atoms. The van der Waals surface area contributed by atoms with Crippen molar-refractivity contribution in [3.8, 4) is 5.69 Å². The van der Waals surface area contributed by atoms with Crippen LogP contribution in [0.1, 0.15) is 26.7 Å². The van der Waals surface area contributed by atoms with Gasteiger partial charge in [0.2, 0.25) is 0 Å². The SMILES string of the molecule is CCC(CC)CNc1ccc(-n2cncn2)c(F)c1. The van der Waals surface area contributed by atoms with Crippen LogP contribution in [-0.4, -0.2) is 21.3 Å². The van der Waals surface area contributed by atoms with Gasteiger partial charge in [-0.3, -0.25) is 0 Å². The summed E-state index contributed by atoms with van der Waals surface area (Å²) in [5.41, 5.74) is 1.21. The second kappa shape index (κ2) is 6.31. The first-order valence-electron chi connectivity index (χ1n) is 6.63. The summed E-state index contributed by atoms with van der Waals surface area (Å²) in [5.74, 6) is 0.318. The van der Waals surface area contributed by atoms with Crippen molar-refractivity contribution < 1.29 is 4.39 Å². The van der Waals surface area contributed by atoms with Gasteiger partial charge in [-0.05, 0) is 24.1 Å². The monoisotopic (exact) mass is 262 g/mol. The Kier molecular flexibility index (Phi) is 4.49. The highest BCUT2D eigenvalue weighted by Crippen LogP contribution is 2.18. The van der Waals surface area contributed by atoms with Gasteiger partial charge in [0.1, 0.15) is 18.3 Å². The molecule has 0 saturated heterocycles. The van der Waals surface area contributed by atoms with Crippen molar-refractivity contribution in [2.45, 2.75) is 26.7 Å². The van der Waals surface area contributed by atoms with E-state index >= 15 is 0 Å². The van der Waals surface area contributed by atoms with Gasteiger partial charge in [-0.1, -0.05) is 26.7 Å². The van der Waals surface area contributed by atoms with Crippen LogP contribution in [0, 0.1) is 11.7 Å². The average molecular weight is 262 g/mol. The van der Waals surface area contributed by atoms with Crippen LogP contribution in [0.15, 0.2) is 30.9 Å². The highest BCUT2D eigenvalue weighted by atomic mass is 19.1. The molecule has 102 valence electrons. The van der Waals surface area contributed by atoms with Crippen molar-refractivity contribution in [1.82, 2.24) is 14.8 Å². The first-order valence-corrected chi connectivity index (χ1v) is 6.63. The first kappa shape index (κ1) is 13.5. The predicted molar refractivity (Wildman–Crippen MR) is 73.9 cm³/mol. The maximum Gasteiger partial charge on any atom is 0.150 e. The number of nitrogens with one attached hydrogen (secondary N) is 1. The number of benzene rings is 1. The molecular weight excluding hydrogens is 243 g/mol. The fourth-order valence-electron chi connectivity index (χ4n) is 1.97. The molecule has 5 heteroatoms. The minimum Gasteiger partial charge on any atom is -0.385 e. The molecule has 0 unspecified atom stereocenters. The quantitative estimate of drug-likeness (QED) is 0.869. The van der Waals surface area contributed by atoms with Gasteiger partial charge in [0.15, 0.2) is 5.82 Å². The van der Waals surface area contributed by atoms with E-state index in [2.05, 4.69) is 29.2 Å². The van der Waals surface area contributed by atoms with E-state index in [0.29, 0.717) is 11.6 Å². The zero-order chi connectivity index (χ0) is 13.7. The van der Waals surface area contributed by atoms with Gasteiger partial charge in [0.25, 0.3) is 0 Å². The zero-order valence-electron chi connectivity index (χ0n) is 11.3. The summed E-state index contributed by atoms with van der Waals surface area (Å²) in [6.45, 7) is 5.21. The van der Waals surface area contributed by atoms with Gasteiger partial charge < -0.3 is 5.32 Å². The van der Waals surface area contributed by atoms with Gasteiger partial charge in [-0.15, -0.1) is 0 Å². The second-order valence-electron chi connectivity index (χ2n) is 4.57. The average Bonchev–Trinajstić information content (AvgIpc) is 2.94. The standard InChI is InChI=1S/C14H19FN4/c1-3-11(4-2)8-17-12-5-6-14(13(15)7-12)19-10-16-9-18-19/h5-7,9-11,17H,3-4,8H2,1-2H3. The Morgan fingerprint density at radius 2 is 2.11 bits per heavy atom. The number of hydrogen-bond donors (Lipinski definition) is 1. The Balaban J connectivity index is 2.07. The van der Waals surface area contributed by atoms with Gasteiger partial charge >= 0.3 is 0 Å².